The molecular weight excluding hydrogens is 424 g/mol. The standard InChI is InChI=1S/C20H20N4O6S/c1-10-13(6-12-7-15(28-3)17(30-5)16(8-12)29-4)18(26)24(23-10)19(27)14-9-31-20(22-14)21-11(2)25/h6-9H,1-5H3,(H,21,22,25)/b13-6-. The molecule has 0 spiro atoms. The first-order valence-electron chi connectivity index (χ1n) is 8.98. The van der Waals surface area contributed by atoms with Gasteiger partial charge in [0, 0.05) is 12.3 Å². The van der Waals surface area contributed by atoms with Gasteiger partial charge in [0.25, 0.3) is 5.91 Å². The summed E-state index contributed by atoms with van der Waals surface area (Å²) in [5, 5.41) is 9.05. The van der Waals surface area contributed by atoms with Crippen LogP contribution in [0.4, 0.5) is 5.13 Å². The second-order valence-corrected chi connectivity index (χ2v) is 7.20. The highest BCUT2D eigenvalue weighted by molar-refractivity contribution is 7.14. The molecule has 162 valence electrons. The molecule has 1 aliphatic rings. The monoisotopic (exact) mass is 444 g/mol. The second kappa shape index (κ2) is 8.96. The summed E-state index contributed by atoms with van der Waals surface area (Å²) in [4.78, 5) is 40.8. The first kappa shape index (κ1) is 22.0. The molecule has 0 atom stereocenters. The Morgan fingerprint density at radius 3 is 2.32 bits per heavy atom. The number of nitrogens with one attached hydrogen (secondary N) is 1. The third-order valence-electron chi connectivity index (χ3n) is 4.26. The Bertz CT molecular complexity index is 1100. The molecule has 1 aromatic carbocycles. The SMILES string of the molecule is COc1cc(/C=C2\C(=O)N(C(=O)c3csc(NC(C)=O)n3)N=C2C)cc(OC)c1OC. The van der Waals surface area contributed by atoms with E-state index in [1.54, 1.807) is 25.1 Å². The predicted molar refractivity (Wildman–Crippen MR) is 115 cm³/mol. The number of ether oxygens (including phenoxy) is 3. The van der Waals surface area contributed by atoms with Crippen molar-refractivity contribution in [2.75, 3.05) is 26.6 Å². The van der Waals surface area contributed by atoms with E-state index in [9.17, 15) is 14.4 Å². The van der Waals surface area contributed by atoms with Crippen LogP contribution in [0.2, 0.25) is 0 Å². The second-order valence-electron chi connectivity index (χ2n) is 6.34. The van der Waals surface area contributed by atoms with Gasteiger partial charge in [-0.3, -0.25) is 14.4 Å². The van der Waals surface area contributed by atoms with Crippen molar-refractivity contribution in [2.24, 2.45) is 5.10 Å². The molecule has 1 aromatic heterocycles. The van der Waals surface area contributed by atoms with E-state index in [1.807, 2.05) is 0 Å². The van der Waals surface area contributed by atoms with Crippen molar-refractivity contribution in [2.45, 2.75) is 13.8 Å². The van der Waals surface area contributed by atoms with E-state index in [0.717, 1.165) is 16.3 Å². The molecule has 1 N–H and O–H groups in total. The van der Waals surface area contributed by atoms with Gasteiger partial charge in [0.15, 0.2) is 16.6 Å². The first-order valence-corrected chi connectivity index (χ1v) is 9.86. The number of rotatable bonds is 6. The highest BCUT2D eigenvalue weighted by Gasteiger charge is 2.34. The molecule has 0 fully saturated rings. The Hall–Kier alpha value is -3.73. The third kappa shape index (κ3) is 4.40. The Morgan fingerprint density at radius 1 is 1.13 bits per heavy atom. The smallest absolute Gasteiger partial charge is 0.301 e. The van der Waals surface area contributed by atoms with Crippen molar-refractivity contribution in [3.63, 3.8) is 0 Å². The van der Waals surface area contributed by atoms with Crippen LogP contribution in [0.25, 0.3) is 6.08 Å². The molecule has 0 saturated carbocycles. The minimum Gasteiger partial charge on any atom is -0.493 e. The lowest BCUT2D eigenvalue weighted by Gasteiger charge is -2.13. The predicted octanol–water partition coefficient (Wildman–Crippen LogP) is 2.57. The molecule has 31 heavy (non-hydrogen) atoms. The number of carbonyl (C=O) groups is 3. The minimum atomic E-state index is -0.689. The van der Waals surface area contributed by atoms with Gasteiger partial charge in [0.05, 0.1) is 32.6 Å². The molecule has 0 bridgehead atoms. The van der Waals surface area contributed by atoms with Crippen molar-refractivity contribution in [1.82, 2.24) is 9.99 Å². The van der Waals surface area contributed by atoms with Crippen LogP contribution >= 0.6 is 11.3 Å². The number of hydrogen-bond acceptors (Lipinski definition) is 9. The zero-order chi connectivity index (χ0) is 22.7. The van der Waals surface area contributed by atoms with Crippen LogP contribution in [0.15, 0.2) is 28.2 Å². The van der Waals surface area contributed by atoms with Crippen LogP contribution < -0.4 is 19.5 Å². The van der Waals surface area contributed by atoms with Gasteiger partial charge in [-0.2, -0.15) is 10.1 Å². The largest absolute Gasteiger partial charge is 0.493 e. The van der Waals surface area contributed by atoms with Gasteiger partial charge in [0.1, 0.15) is 5.69 Å². The number of hydrazone groups is 1. The lowest BCUT2D eigenvalue weighted by molar-refractivity contribution is -0.123. The summed E-state index contributed by atoms with van der Waals surface area (Å²) >= 11 is 1.08. The van der Waals surface area contributed by atoms with E-state index >= 15 is 0 Å². The van der Waals surface area contributed by atoms with Crippen molar-refractivity contribution in [3.8, 4) is 17.2 Å². The van der Waals surface area contributed by atoms with E-state index in [-0.39, 0.29) is 22.3 Å². The summed E-state index contributed by atoms with van der Waals surface area (Å²) < 4.78 is 16.0. The normalized spacial score (nSPS) is 14.5. The molecule has 0 saturated heterocycles. The molecule has 2 heterocycles. The summed E-state index contributed by atoms with van der Waals surface area (Å²) in [5.74, 6) is -0.319. The molecule has 0 unspecified atom stereocenters. The first-order chi connectivity index (χ1) is 14.8. The van der Waals surface area contributed by atoms with Gasteiger partial charge >= 0.3 is 5.91 Å². The van der Waals surface area contributed by atoms with Crippen molar-refractivity contribution >= 4 is 46.0 Å². The number of amides is 3. The number of benzene rings is 1. The zero-order valence-corrected chi connectivity index (χ0v) is 18.3. The van der Waals surface area contributed by atoms with Gasteiger partial charge < -0.3 is 19.5 Å². The van der Waals surface area contributed by atoms with Crippen LogP contribution in [-0.4, -0.2) is 54.8 Å². The molecular formula is C20H20N4O6S. The minimum absolute atomic E-state index is 0.00712. The van der Waals surface area contributed by atoms with Gasteiger partial charge in [-0.25, -0.2) is 4.98 Å². The Morgan fingerprint density at radius 2 is 1.77 bits per heavy atom. The quantitative estimate of drug-likeness (QED) is 0.537. The highest BCUT2D eigenvalue weighted by Crippen LogP contribution is 2.39. The molecule has 0 aliphatic carbocycles. The average molecular weight is 444 g/mol. The number of aromatic nitrogens is 1. The fraction of sp³-hybridized carbons (Fsp3) is 0.250. The van der Waals surface area contributed by atoms with Crippen LogP contribution in [0, 0.1) is 0 Å². The molecule has 0 radical (unpaired) electrons. The lowest BCUT2D eigenvalue weighted by Crippen LogP contribution is -2.29. The number of methoxy groups -OCH3 is 3. The summed E-state index contributed by atoms with van der Waals surface area (Å²) in [5.41, 5.74) is 1.21. The molecule has 2 aromatic rings. The van der Waals surface area contributed by atoms with Crippen LogP contribution in [0.1, 0.15) is 29.9 Å². The van der Waals surface area contributed by atoms with E-state index in [0.29, 0.717) is 28.5 Å². The maximum atomic E-state index is 12.9. The average Bonchev–Trinajstić information content (AvgIpc) is 3.31. The van der Waals surface area contributed by atoms with Crippen molar-refractivity contribution in [1.29, 1.82) is 0 Å². The molecule has 10 nitrogen and oxygen atoms in total. The summed E-state index contributed by atoms with van der Waals surface area (Å²) in [6, 6.07) is 3.36. The highest BCUT2D eigenvalue weighted by atomic mass is 32.1. The van der Waals surface area contributed by atoms with Crippen LogP contribution in [-0.2, 0) is 9.59 Å². The zero-order valence-electron chi connectivity index (χ0n) is 17.5. The van der Waals surface area contributed by atoms with Gasteiger partial charge in [0.2, 0.25) is 11.7 Å². The van der Waals surface area contributed by atoms with E-state index in [1.165, 1.54) is 33.6 Å². The molecule has 1 aliphatic heterocycles. The number of hydrogen-bond donors (Lipinski definition) is 1. The lowest BCUT2D eigenvalue weighted by atomic mass is 10.1. The van der Waals surface area contributed by atoms with E-state index < -0.39 is 11.8 Å². The van der Waals surface area contributed by atoms with Gasteiger partial charge in [-0.1, -0.05) is 0 Å². The summed E-state index contributed by atoms with van der Waals surface area (Å²) in [7, 11) is 4.48. The van der Waals surface area contributed by atoms with Crippen molar-refractivity contribution in [3.05, 3.63) is 34.3 Å². The molecule has 3 rings (SSSR count). The Kier molecular flexibility index (Phi) is 6.35. The Labute approximate surface area is 182 Å². The number of anilines is 1. The number of thiazole rings is 1. The maximum Gasteiger partial charge on any atom is 0.301 e. The maximum absolute atomic E-state index is 12.9. The topological polar surface area (TPSA) is 119 Å². The summed E-state index contributed by atoms with van der Waals surface area (Å²) in [6.07, 6.45) is 1.59. The van der Waals surface area contributed by atoms with Crippen LogP contribution in [0.3, 0.4) is 0 Å². The Balaban J connectivity index is 1.90. The van der Waals surface area contributed by atoms with Gasteiger partial charge in [-0.05, 0) is 30.7 Å². The number of nitrogens with zero attached hydrogens (tertiary/aromatic N) is 3. The molecule has 11 heteroatoms. The number of carbonyl (C=O) groups excluding carboxylic acids is 3. The third-order valence-corrected chi connectivity index (χ3v) is 5.02. The van der Waals surface area contributed by atoms with E-state index in [4.69, 9.17) is 14.2 Å². The fourth-order valence-electron chi connectivity index (χ4n) is 2.86. The van der Waals surface area contributed by atoms with E-state index in [2.05, 4.69) is 15.4 Å². The van der Waals surface area contributed by atoms with Crippen LogP contribution in [0.5, 0.6) is 17.2 Å². The fourth-order valence-corrected chi connectivity index (χ4v) is 3.59. The summed E-state index contributed by atoms with van der Waals surface area (Å²) in [6.45, 7) is 2.96. The van der Waals surface area contributed by atoms with Gasteiger partial charge in [-0.15, -0.1) is 11.3 Å². The molecule has 3 amide bonds. The number of imide groups is 1. The van der Waals surface area contributed by atoms with Crippen molar-refractivity contribution < 1.29 is 28.6 Å².